The van der Waals surface area contributed by atoms with E-state index in [4.69, 9.17) is 0 Å². The van der Waals surface area contributed by atoms with Crippen molar-refractivity contribution in [2.24, 2.45) is 0 Å². The molecule has 0 fully saturated rings. The van der Waals surface area contributed by atoms with Crippen LogP contribution >= 0.6 is 37.2 Å². The molecule has 0 atom stereocenters. The molecule has 0 unspecified atom stereocenters. The van der Waals surface area contributed by atoms with Crippen LogP contribution < -0.4 is 0 Å². The van der Waals surface area contributed by atoms with Crippen LogP contribution in [0.2, 0.25) is 0 Å². The fraction of sp³-hybridized carbons (Fsp3) is 1.00. The van der Waals surface area contributed by atoms with Crippen LogP contribution in [0, 0.1) is 0 Å². The van der Waals surface area contributed by atoms with Crippen LogP contribution in [0.1, 0.15) is 13.8 Å². The van der Waals surface area contributed by atoms with E-state index in [1.54, 1.807) is 0 Å². The summed E-state index contributed by atoms with van der Waals surface area (Å²) in [6.45, 7) is 4.00. The second kappa shape index (κ2) is 96.4. The first-order valence-corrected chi connectivity index (χ1v) is 1.00. The van der Waals surface area contributed by atoms with Crippen molar-refractivity contribution in [3.05, 3.63) is 0 Å². The fourth-order valence-corrected chi connectivity index (χ4v) is 0. The van der Waals surface area contributed by atoms with Crippen LogP contribution in [0.4, 0.5) is 0 Å². The summed E-state index contributed by atoms with van der Waals surface area (Å²) in [6.07, 6.45) is 0. The lowest BCUT2D eigenvalue weighted by Gasteiger charge is -1.07. The standard InChI is InChI=1S/C2H6.3ClH/c1-2;;;/h1-2H3;3*1H. The highest BCUT2D eigenvalue weighted by Gasteiger charge is 0.932. The zero-order valence-corrected chi connectivity index (χ0v) is 5.67. The molecule has 38 valence electrons. The Hall–Kier alpha value is 0.870. The number of hydrogen-bond acceptors (Lipinski definition) is 0. The van der Waals surface area contributed by atoms with E-state index >= 15 is 0 Å². The average molecular weight is 139 g/mol. The molecule has 0 N–H and O–H groups in total. The van der Waals surface area contributed by atoms with Gasteiger partial charge in [-0.1, -0.05) is 13.8 Å². The van der Waals surface area contributed by atoms with Crippen LogP contribution in [-0.2, 0) is 0 Å². The van der Waals surface area contributed by atoms with E-state index in [1.165, 1.54) is 0 Å². The highest BCUT2D eigenvalue weighted by atomic mass is 35.5. The fourth-order valence-electron chi connectivity index (χ4n) is 0. The first-order valence-electron chi connectivity index (χ1n) is 1.00. The molecule has 0 aliphatic carbocycles. The summed E-state index contributed by atoms with van der Waals surface area (Å²) >= 11 is 0. The summed E-state index contributed by atoms with van der Waals surface area (Å²) in [6, 6.07) is 0. The van der Waals surface area contributed by atoms with Gasteiger partial charge in [0, 0.05) is 0 Å². The number of hydrogen-bond donors (Lipinski definition) is 0. The Balaban J connectivity index is -0.00000000167. The van der Waals surface area contributed by atoms with E-state index in [1.807, 2.05) is 13.8 Å². The Kier molecular flexibility index (Phi) is 767. The summed E-state index contributed by atoms with van der Waals surface area (Å²) in [4.78, 5) is 0. The molecule has 0 heterocycles. The van der Waals surface area contributed by atoms with Gasteiger partial charge in [-0.05, 0) is 0 Å². The zero-order chi connectivity index (χ0) is 2.00. The Morgan fingerprint density at radius 2 is 0.600 bits per heavy atom. The molecule has 0 aromatic carbocycles. The lowest BCUT2D eigenvalue weighted by Crippen LogP contribution is -0.856. The lowest BCUT2D eigenvalue weighted by molar-refractivity contribution is 1.50. The SMILES string of the molecule is CC.Cl.Cl.Cl. The minimum atomic E-state index is 0. The van der Waals surface area contributed by atoms with Gasteiger partial charge in [0.15, 0.2) is 0 Å². The molecule has 0 aromatic rings. The third kappa shape index (κ3) is 53.0. The van der Waals surface area contributed by atoms with E-state index in [2.05, 4.69) is 0 Å². The third-order valence-electron chi connectivity index (χ3n) is 0. The molecule has 0 amide bonds. The maximum Gasteiger partial charge on any atom is -0.0683 e. The summed E-state index contributed by atoms with van der Waals surface area (Å²) in [5, 5.41) is 0. The van der Waals surface area contributed by atoms with Crippen LogP contribution in [0.5, 0.6) is 0 Å². The summed E-state index contributed by atoms with van der Waals surface area (Å²) in [7, 11) is 0. The van der Waals surface area contributed by atoms with Crippen LogP contribution in [0.15, 0.2) is 0 Å². The average Bonchev–Trinajstić information content (AvgIpc) is 1.00. The quantitative estimate of drug-likeness (QED) is 0.483. The normalized spacial score (nSPS) is 1.20. The molecule has 3 heteroatoms. The van der Waals surface area contributed by atoms with Crippen molar-refractivity contribution < 1.29 is 0 Å². The van der Waals surface area contributed by atoms with Gasteiger partial charge in [0.05, 0.1) is 0 Å². The van der Waals surface area contributed by atoms with Crippen molar-refractivity contribution in [3.63, 3.8) is 0 Å². The second-order valence-corrected chi connectivity index (χ2v) is 0. The maximum atomic E-state index is 2.00. The van der Waals surface area contributed by atoms with Gasteiger partial charge < -0.3 is 0 Å². The van der Waals surface area contributed by atoms with Crippen LogP contribution in [-0.4, -0.2) is 0 Å². The minimum Gasteiger partial charge on any atom is -0.147 e. The number of halogens is 3. The van der Waals surface area contributed by atoms with Gasteiger partial charge in [0.1, 0.15) is 0 Å². The molecule has 0 radical (unpaired) electrons. The topological polar surface area (TPSA) is 0 Å². The smallest absolute Gasteiger partial charge is 0.0683 e. The van der Waals surface area contributed by atoms with E-state index in [0.29, 0.717) is 0 Å². The molecule has 0 saturated heterocycles. The number of rotatable bonds is 0. The lowest BCUT2D eigenvalue weighted by atomic mass is 11.0. The molecule has 0 rings (SSSR count). The van der Waals surface area contributed by atoms with E-state index < -0.39 is 0 Å². The van der Waals surface area contributed by atoms with Crippen LogP contribution in [0.3, 0.4) is 0 Å². The summed E-state index contributed by atoms with van der Waals surface area (Å²) in [5.74, 6) is 0. The predicted molar refractivity (Wildman–Crippen MR) is 33.1 cm³/mol. The molecule has 0 aliphatic heterocycles. The van der Waals surface area contributed by atoms with Crippen molar-refractivity contribution in [3.8, 4) is 0 Å². The van der Waals surface area contributed by atoms with E-state index in [9.17, 15) is 0 Å². The maximum absolute atomic E-state index is 2.00. The van der Waals surface area contributed by atoms with Gasteiger partial charge in [-0.15, -0.1) is 37.2 Å². The Morgan fingerprint density at radius 1 is 0.600 bits per heavy atom. The molecule has 0 aromatic heterocycles. The molecule has 0 spiro atoms. The Morgan fingerprint density at radius 3 is 0.600 bits per heavy atom. The summed E-state index contributed by atoms with van der Waals surface area (Å²) in [5.41, 5.74) is 0. The monoisotopic (exact) mass is 138 g/mol. The zero-order valence-electron chi connectivity index (χ0n) is 3.22. The van der Waals surface area contributed by atoms with Crippen molar-refractivity contribution in [1.82, 2.24) is 0 Å². The minimum absolute atomic E-state index is 0. The largest absolute Gasteiger partial charge is 0.147 e. The first-order chi connectivity index (χ1) is 1.00. The van der Waals surface area contributed by atoms with Crippen molar-refractivity contribution >= 4 is 37.2 Å². The van der Waals surface area contributed by atoms with Crippen molar-refractivity contribution in [2.45, 2.75) is 13.8 Å². The van der Waals surface area contributed by atoms with Gasteiger partial charge in [-0.2, -0.15) is 0 Å². The summed E-state index contributed by atoms with van der Waals surface area (Å²) < 4.78 is 0. The first kappa shape index (κ1) is 39.8. The van der Waals surface area contributed by atoms with Gasteiger partial charge in [0.25, 0.3) is 0 Å². The molecule has 5 heavy (non-hydrogen) atoms. The molecule has 0 saturated carbocycles. The Bertz CT molecular complexity index is 4.85. The molecular weight excluding hydrogens is 130 g/mol. The molecule has 0 aliphatic rings. The van der Waals surface area contributed by atoms with Gasteiger partial charge in [0.2, 0.25) is 0 Å². The Labute approximate surface area is 51.6 Å². The van der Waals surface area contributed by atoms with Crippen LogP contribution in [0.25, 0.3) is 0 Å². The van der Waals surface area contributed by atoms with E-state index in [-0.39, 0.29) is 37.2 Å². The van der Waals surface area contributed by atoms with E-state index in [0.717, 1.165) is 0 Å². The predicted octanol–water partition coefficient (Wildman–Crippen LogP) is 2.29. The molecule has 0 bridgehead atoms. The van der Waals surface area contributed by atoms with Crippen molar-refractivity contribution in [1.29, 1.82) is 0 Å². The van der Waals surface area contributed by atoms with Gasteiger partial charge >= 0.3 is 0 Å². The van der Waals surface area contributed by atoms with Gasteiger partial charge in [-0.25, -0.2) is 0 Å². The van der Waals surface area contributed by atoms with Gasteiger partial charge in [-0.3, -0.25) is 0 Å². The van der Waals surface area contributed by atoms with Crippen molar-refractivity contribution in [2.75, 3.05) is 0 Å². The highest BCUT2D eigenvalue weighted by molar-refractivity contribution is 5.86. The highest BCUT2D eigenvalue weighted by Crippen LogP contribution is 1.14. The molecule has 0 nitrogen and oxygen atoms in total. The second-order valence-electron chi connectivity index (χ2n) is 0. The molecular formula is C2H9Cl3. The third-order valence-corrected chi connectivity index (χ3v) is 0.